The summed E-state index contributed by atoms with van der Waals surface area (Å²) in [7, 11) is -4.12. The average Bonchev–Trinajstić information content (AvgIpc) is 4.05. The van der Waals surface area contributed by atoms with Crippen LogP contribution >= 0.6 is 0 Å². The number of nitrogens with zero attached hydrogens (tertiary/aromatic N) is 2. The minimum atomic E-state index is -4.12. The molecule has 0 bridgehead atoms. The molecule has 4 aliphatic carbocycles. The largest absolute Gasteiger partial charge is 0.444 e. The highest BCUT2D eigenvalue weighted by Gasteiger charge is 2.67. The van der Waals surface area contributed by atoms with Gasteiger partial charge in [-0.2, -0.15) is 0 Å². The van der Waals surface area contributed by atoms with Crippen LogP contribution < -0.4 is 15.4 Å². The van der Waals surface area contributed by atoms with E-state index in [2.05, 4.69) is 15.8 Å². The van der Waals surface area contributed by atoms with E-state index in [1.165, 1.54) is 4.90 Å². The Kier molecular flexibility index (Phi) is 10.4. The summed E-state index contributed by atoms with van der Waals surface area (Å²) in [6, 6.07) is 13.0. The SMILES string of the molecule is CC(C)(C)OC(=O)N[C@H](C(=O)N1C[C@H](ON=C2c3ccccc3-c3ccccc32)C[C@H]1C(=O)N[C@@]1(C(=O)NS(=O)(=O)C2CC2)C[C@H]1C(F)F)C1CCCCC1. The summed E-state index contributed by atoms with van der Waals surface area (Å²) in [5, 5.41) is 8.94. The van der Waals surface area contributed by atoms with Gasteiger partial charge in [-0.25, -0.2) is 22.0 Å². The lowest BCUT2D eigenvalue weighted by atomic mass is 9.83. The number of likely N-dealkylation sites (tertiary alicyclic amines) is 1. The molecule has 1 aliphatic heterocycles. The molecule has 0 radical (unpaired) electrons. The molecule has 2 aromatic carbocycles. The fourth-order valence-corrected chi connectivity index (χ4v) is 9.45. The second kappa shape index (κ2) is 14.8. The molecule has 1 saturated heterocycles. The molecular weight excluding hydrogens is 737 g/mol. The van der Waals surface area contributed by atoms with Crippen molar-refractivity contribution in [2.24, 2.45) is 17.0 Å². The third-order valence-electron chi connectivity index (χ3n) is 11.1. The number of hydrogen-bond acceptors (Lipinski definition) is 9. The van der Waals surface area contributed by atoms with Crippen LogP contribution in [0.3, 0.4) is 0 Å². The summed E-state index contributed by atoms with van der Waals surface area (Å²) >= 11 is 0. The van der Waals surface area contributed by atoms with E-state index in [-0.39, 0.29) is 18.9 Å². The van der Waals surface area contributed by atoms with Crippen molar-refractivity contribution in [2.45, 2.75) is 120 Å². The van der Waals surface area contributed by atoms with Crippen LogP contribution in [0.5, 0.6) is 0 Å². The molecule has 13 nitrogen and oxygen atoms in total. The molecule has 0 unspecified atom stereocenters. The van der Waals surface area contributed by atoms with E-state index in [9.17, 15) is 36.4 Å². The van der Waals surface area contributed by atoms with Gasteiger partial charge in [0.2, 0.25) is 28.3 Å². The normalized spacial score (nSPS) is 25.4. The molecule has 5 aliphatic rings. The molecule has 0 aromatic heterocycles. The summed E-state index contributed by atoms with van der Waals surface area (Å²) in [6.45, 7) is 4.94. The number of alkyl halides is 2. The minimum absolute atomic E-state index is 0.126. The molecule has 4 amide bonds. The van der Waals surface area contributed by atoms with Crippen LogP contribution in [0.2, 0.25) is 0 Å². The first-order chi connectivity index (χ1) is 26.1. The fraction of sp³-hybridized carbons (Fsp3) is 0.564. The summed E-state index contributed by atoms with van der Waals surface area (Å²) in [5.74, 6) is -4.67. The van der Waals surface area contributed by atoms with Gasteiger partial charge in [0.1, 0.15) is 35.0 Å². The van der Waals surface area contributed by atoms with Crippen molar-refractivity contribution >= 4 is 39.5 Å². The molecule has 3 N–H and O–H groups in total. The zero-order valence-corrected chi connectivity index (χ0v) is 31.9. The number of carbonyl (C=O) groups excluding carboxylic acids is 4. The van der Waals surface area contributed by atoms with E-state index in [4.69, 9.17) is 9.57 Å². The van der Waals surface area contributed by atoms with Crippen molar-refractivity contribution in [2.75, 3.05) is 6.54 Å². The maximum absolute atomic E-state index is 14.7. The Hall–Kier alpha value is -4.60. The van der Waals surface area contributed by atoms with Crippen LogP contribution in [0.25, 0.3) is 11.1 Å². The van der Waals surface area contributed by atoms with E-state index in [0.29, 0.717) is 31.4 Å². The third-order valence-corrected chi connectivity index (χ3v) is 12.9. The molecule has 4 fully saturated rings. The van der Waals surface area contributed by atoms with E-state index in [0.717, 1.165) is 41.5 Å². The van der Waals surface area contributed by atoms with Crippen LogP contribution in [0, 0.1) is 11.8 Å². The molecule has 55 heavy (non-hydrogen) atoms. The van der Waals surface area contributed by atoms with E-state index >= 15 is 0 Å². The highest BCUT2D eigenvalue weighted by atomic mass is 32.2. The third kappa shape index (κ3) is 8.05. The number of sulfonamides is 1. The van der Waals surface area contributed by atoms with Gasteiger partial charge in [-0.05, 0) is 69.9 Å². The first-order valence-corrected chi connectivity index (χ1v) is 20.5. The lowest BCUT2D eigenvalue weighted by molar-refractivity contribution is -0.142. The van der Waals surface area contributed by atoms with Gasteiger partial charge in [-0.15, -0.1) is 0 Å². The molecule has 16 heteroatoms. The maximum Gasteiger partial charge on any atom is 0.408 e. The van der Waals surface area contributed by atoms with Gasteiger partial charge in [-0.1, -0.05) is 72.9 Å². The van der Waals surface area contributed by atoms with Gasteiger partial charge in [0.05, 0.1) is 17.7 Å². The van der Waals surface area contributed by atoms with Crippen molar-refractivity contribution < 1.29 is 46.0 Å². The smallest absolute Gasteiger partial charge is 0.408 e. The van der Waals surface area contributed by atoms with Gasteiger partial charge in [0.25, 0.3) is 5.91 Å². The highest BCUT2D eigenvalue weighted by molar-refractivity contribution is 7.91. The van der Waals surface area contributed by atoms with Crippen molar-refractivity contribution in [1.82, 2.24) is 20.3 Å². The van der Waals surface area contributed by atoms with Crippen molar-refractivity contribution in [3.63, 3.8) is 0 Å². The van der Waals surface area contributed by atoms with Gasteiger partial charge in [0, 0.05) is 17.5 Å². The highest BCUT2D eigenvalue weighted by Crippen LogP contribution is 2.48. The Labute approximate surface area is 319 Å². The first kappa shape index (κ1) is 38.7. The number of nitrogens with one attached hydrogen (secondary N) is 3. The molecule has 5 atom stereocenters. The number of fused-ring (bicyclic) bond motifs is 3. The van der Waals surface area contributed by atoms with Gasteiger partial charge in [-0.3, -0.25) is 19.1 Å². The Morgan fingerprint density at radius 3 is 2.05 bits per heavy atom. The molecule has 2 aromatic rings. The summed E-state index contributed by atoms with van der Waals surface area (Å²) in [5.41, 5.74) is 1.12. The predicted octanol–water partition coefficient (Wildman–Crippen LogP) is 4.63. The number of oxime groups is 1. The number of amides is 4. The first-order valence-electron chi connectivity index (χ1n) is 19.0. The number of carbonyl (C=O) groups is 4. The lowest BCUT2D eigenvalue weighted by Crippen LogP contribution is -2.59. The fourth-order valence-electron chi connectivity index (χ4n) is 8.09. The molecule has 0 spiro atoms. The Bertz CT molecular complexity index is 1950. The van der Waals surface area contributed by atoms with E-state index < -0.39 is 87.2 Å². The van der Waals surface area contributed by atoms with Gasteiger partial charge < -0.3 is 25.1 Å². The number of halogens is 2. The number of hydrogen-bond donors (Lipinski definition) is 3. The zero-order valence-electron chi connectivity index (χ0n) is 31.1. The van der Waals surface area contributed by atoms with Gasteiger partial charge in [0.15, 0.2) is 0 Å². The lowest BCUT2D eigenvalue weighted by Gasteiger charge is -2.35. The zero-order chi connectivity index (χ0) is 39.3. The second-order valence-electron chi connectivity index (χ2n) is 16.3. The molecule has 1 heterocycles. The van der Waals surface area contributed by atoms with E-state index in [1.54, 1.807) is 20.8 Å². The number of alkyl carbamates (subject to hydrolysis) is 1. The van der Waals surface area contributed by atoms with Crippen molar-refractivity contribution in [3.8, 4) is 11.1 Å². The topological polar surface area (TPSA) is 173 Å². The Balaban J connectivity index is 1.18. The molecule has 3 saturated carbocycles. The molecule has 7 rings (SSSR count). The van der Waals surface area contributed by atoms with Crippen LogP contribution in [-0.2, 0) is 34.0 Å². The Morgan fingerprint density at radius 1 is 0.909 bits per heavy atom. The predicted molar refractivity (Wildman–Crippen MR) is 197 cm³/mol. The average molecular weight is 784 g/mol. The summed E-state index contributed by atoms with van der Waals surface area (Å²) in [6.07, 6.45) is -0.737. The van der Waals surface area contributed by atoms with E-state index in [1.807, 2.05) is 53.3 Å². The standard InChI is InChI=1S/C39H47F2N5O8S/c1-38(2,3)53-37(50)42-31(22-11-5-4-6-12-22)35(48)46-21-23(54-44-32-27-15-9-7-13-25(27)26-14-8-10-16-28(26)32)19-30(46)34(47)43-39(20-29(39)33(40)41)36(49)45-55(51,52)24-17-18-24/h7-10,13-16,22-24,29-31,33H,4-6,11-12,17-21H2,1-3H3,(H,42,50)(H,43,47)(H,45,49)/t23-,29+,30+,31+,39+/m1/s1. The van der Waals surface area contributed by atoms with Crippen molar-refractivity contribution in [3.05, 3.63) is 59.7 Å². The minimum Gasteiger partial charge on any atom is -0.444 e. The van der Waals surface area contributed by atoms with Crippen LogP contribution in [0.15, 0.2) is 53.7 Å². The van der Waals surface area contributed by atoms with Crippen LogP contribution in [0.1, 0.15) is 89.7 Å². The summed E-state index contributed by atoms with van der Waals surface area (Å²) in [4.78, 5) is 62.8. The molecule has 296 valence electrons. The number of rotatable bonds is 11. The Morgan fingerprint density at radius 2 is 1.51 bits per heavy atom. The van der Waals surface area contributed by atoms with Crippen molar-refractivity contribution in [1.29, 1.82) is 0 Å². The molecular formula is C39H47F2N5O8S. The monoisotopic (exact) mass is 783 g/mol. The van der Waals surface area contributed by atoms with Gasteiger partial charge >= 0.3 is 6.09 Å². The van der Waals surface area contributed by atoms with Crippen LogP contribution in [0.4, 0.5) is 13.6 Å². The van der Waals surface area contributed by atoms with Crippen LogP contribution in [-0.4, -0.2) is 90.4 Å². The quantitative estimate of drug-likeness (QED) is 0.236. The second-order valence-corrected chi connectivity index (χ2v) is 18.3. The number of ether oxygens (including phenoxy) is 1. The number of benzene rings is 2. The maximum atomic E-state index is 14.7. The summed E-state index contributed by atoms with van der Waals surface area (Å²) < 4.78 is 61.0.